The van der Waals surface area contributed by atoms with Crippen molar-refractivity contribution < 1.29 is 0 Å². The van der Waals surface area contributed by atoms with Crippen LogP contribution in [0.15, 0.2) is 24.3 Å². The second-order valence-corrected chi connectivity index (χ2v) is 4.07. The van der Waals surface area contributed by atoms with Crippen LogP contribution in [0.2, 0.25) is 5.02 Å². The van der Waals surface area contributed by atoms with E-state index in [4.69, 9.17) is 11.6 Å². The first-order chi connectivity index (χ1) is 6.34. The van der Waals surface area contributed by atoms with Gasteiger partial charge in [-0.25, -0.2) is 0 Å². The Morgan fingerprint density at radius 3 is 2.46 bits per heavy atom. The van der Waals surface area contributed by atoms with E-state index in [1.54, 1.807) is 0 Å². The van der Waals surface area contributed by atoms with Gasteiger partial charge in [-0.1, -0.05) is 30.2 Å². The fraction of sp³-hybridized carbons (Fsp3) is 0.455. The normalized spacial score (nSPS) is 17.0. The molecule has 0 aliphatic heterocycles. The van der Waals surface area contributed by atoms with Gasteiger partial charge >= 0.3 is 0 Å². The molecule has 1 aliphatic carbocycles. The molecule has 1 N–H and O–H groups in total. The zero-order chi connectivity index (χ0) is 9.10. The summed E-state index contributed by atoms with van der Waals surface area (Å²) < 4.78 is 0. The van der Waals surface area contributed by atoms with E-state index in [9.17, 15) is 0 Å². The second-order valence-electron chi connectivity index (χ2n) is 3.64. The van der Waals surface area contributed by atoms with Crippen LogP contribution in [0, 0.1) is 0 Å². The van der Waals surface area contributed by atoms with E-state index in [-0.39, 0.29) is 0 Å². The maximum absolute atomic E-state index is 5.79. The van der Waals surface area contributed by atoms with Gasteiger partial charge in [0.1, 0.15) is 0 Å². The molecule has 0 bridgehead atoms. The molecule has 0 aromatic heterocycles. The number of rotatable bonds is 3. The smallest absolute Gasteiger partial charge is 0.0406 e. The summed E-state index contributed by atoms with van der Waals surface area (Å²) in [5.41, 5.74) is 1.32. The average molecular weight is 196 g/mol. The number of hydrogen-bond acceptors (Lipinski definition) is 1. The van der Waals surface area contributed by atoms with Crippen LogP contribution in [-0.4, -0.2) is 6.04 Å². The standard InChI is InChI=1S/C11H14ClN/c12-10-6-4-9(5-7-10)8-13-11-2-1-3-11/h4-7,11,13H,1-3,8H2. The Morgan fingerprint density at radius 2 is 1.92 bits per heavy atom. The third-order valence-electron chi connectivity index (χ3n) is 2.61. The van der Waals surface area contributed by atoms with E-state index >= 15 is 0 Å². The highest BCUT2D eigenvalue weighted by molar-refractivity contribution is 6.30. The molecule has 1 aromatic rings. The van der Waals surface area contributed by atoms with Gasteiger partial charge in [-0.15, -0.1) is 0 Å². The van der Waals surface area contributed by atoms with Gasteiger partial charge in [-0.3, -0.25) is 0 Å². The summed E-state index contributed by atoms with van der Waals surface area (Å²) in [6.07, 6.45) is 4.07. The number of nitrogens with one attached hydrogen (secondary N) is 1. The lowest BCUT2D eigenvalue weighted by Gasteiger charge is -2.26. The molecule has 1 nitrogen and oxygen atoms in total. The first kappa shape index (κ1) is 9.04. The first-order valence-corrected chi connectivity index (χ1v) is 5.20. The molecule has 0 radical (unpaired) electrons. The predicted octanol–water partition coefficient (Wildman–Crippen LogP) is 2.98. The van der Waals surface area contributed by atoms with Crippen LogP contribution in [0.4, 0.5) is 0 Å². The maximum Gasteiger partial charge on any atom is 0.0406 e. The largest absolute Gasteiger partial charge is 0.310 e. The Morgan fingerprint density at radius 1 is 1.23 bits per heavy atom. The molecule has 0 amide bonds. The van der Waals surface area contributed by atoms with Crippen molar-refractivity contribution in [2.45, 2.75) is 31.8 Å². The predicted molar refractivity (Wildman–Crippen MR) is 55.9 cm³/mol. The highest BCUT2D eigenvalue weighted by Gasteiger charge is 2.15. The van der Waals surface area contributed by atoms with Gasteiger partial charge in [-0.2, -0.15) is 0 Å². The molecule has 1 fully saturated rings. The van der Waals surface area contributed by atoms with Crippen molar-refractivity contribution in [3.8, 4) is 0 Å². The Bertz CT molecular complexity index is 264. The summed E-state index contributed by atoms with van der Waals surface area (Å²) in [6, 6.07) is 8.80. The minimum Gasteiger partial charge on any atom is -0.310 e. The van der Waals surface area contributed by atoms with Crippen molar-refractivity contribution >= 4 is 11.6 Å². The van der Waals surface area contributed by atoms with Gasteiger partial charge in [0.2, 0.25) is 0 Å². The second kappa shape index (κ2) is 4.12. The van der Waals surface area contributed by atoms with Crippen LogP contribution in [0.3, 0.4) is 0 Å². The van der Waals surface area contributed by atoms with Gasteiger partial charge in [0.15, 0.2) is 0 Å². The van der Waals surface area contributed by atoms with E-state index in [1.807, 2.05) is 12.1 Å². The minimum atomic E-state index is 0.760. The molecule has 0 atom stereocenters. The lowest BCUT2D eigenvalue weighted by molar-refractivity contribution is 0.338. The van der Waals surface area contributed by atoms with E-state index in [0.29, 0.717) is 0 Å². The third-order valence-corrected chi connectivity index (χ3v) is 2.87. The molecule has 1 aromatic carbocycles. The van der Waals surface area contributed by atoms with E-state index in [0.717, 1.165) is 17.6 Å². The van der Waals surface area contributed by atoms with Gasteiger partial charge in [0, 0.05) is 17.6 Å². The van der Waals surface area contributed by atoms with Crippen molar-refractivity contribution in [2.24, 2.45) is 0 Å². The van der Waals surface area contributed by atoms with Gasteiger partial charge in [0.25, 0.3) is 0 Å². The SMILES string of the molecule is Clc1ccc(CNC2CCC2)cc1. The van der Waals surface area contributed by atoms with Crippen LogP contribution < -0.4 is 5.32 Å². The van der Waals surface area contributed by atoms with Crippen LogP contribution >= 0.6 is 11.6 Å². The summed E-state index contributed by atoms with van der Waals surface area (Å²) in [4.78, 5) is 0. The summed E-state index contributed by atoms with van der Waals surface area (Å²) in [5.74, 6) is 0. The zero-order valence-electron chi connectivity index (χ0n) is 7.59. The number of halogens is 1. The molecule has 70 valence electrons. The Kier molecular flexibility index (Phi) is 2.87. The van der Waals surface area contributed by atoms with Crippen LogP contribution in [0.5, 0.6) is 0 Å². The molecule has 0 heterocycles. The summed E-state index contributed by atoms with van der Waals surface area (Å²) in [6.45, 7) is 0.974. The molecule has 1 saturated carbocycles. The van der Waals surface area contributed by atoms with Gasteiger partial charge in [0.05, 0.1) is 0 Å². The third kappa shape index (κ3) is 2.45. The Labute approximate surface area is 84.1 Å². The summed E-state index contributed by atoms with van der Waals surface area (Å²) in [7, 11) is 0. The van der Waals surface area contributed by atoms with Crippen LogP contribution in [0.25, 0.3) is 0 Å². The van der Waals surface area contributed by atoms with E-state index < -0.39 is 0 Å². The number of hydrogen-bond donors (Lipinski definition) is 1. The van der Waals surface area contributed by atoms with Crippen molar-refractivity contribution in [1.29, 1.82) is 0 Å². The van der Waals surface area contributed by atoms with Crippen molar-refractivity contribution in [1.82, 2.24) is 5.32 Å². The molecule has 1 aliphatic rings. The van der Waals surface area contributed by atoms with Crippen LogP contribution in [0.1, 0.15) is 24.8 Å². The van der Waals surface area contributed by atoms with E-state index in [2.05, 4.69) is 17.4 Å². The highest BCUT2D eigenvalue weighted by atomic mass is 35.5. The number of benzene rings is 1. The highest BCUT2D eigenvalue weighted by Crippen LogP contribution is 2.18. The van der Waals surface area contributed by atoms with E-state index in [1.165, 1.54) is 24.8 Å². The molecule has 2 rings (SSSR count). The molecule has 13 heavy (non-hydrogen) atoms. The fourth-order valence-electron chi connectivity index (χ4n) is 1.48. The molecule has 0 unspecified atom stereocenters. The van der Waals surface area contributed by atoms with Crippen molar-refractivity contribution in [3.63, 3.8) is 0 Å². The lowest BCUT2D eigenvalue weighted by Crippen LogP contribution is -2.34. The maximum atomic E-state index is 5.79. The molecule has 0 spiro atoms. The van der Waals surface area contributed by atoms with Crippen molar-refractivity contribution in [3.05, 3.63) is 34.9 Å². The molecule has 0 saturated heterocycles. The minimum absolute atomic E-state index is 0.760. The topological polar surface area (TPSA) is 12.0 Å². The monoisotopic (exact) mass is 195 g/mol. The summed E-state index contributed by atoms with van der Waals surface area (Å²) in [5, 5.41) is 4.32. The van der Waals surface area contributed by atoms with Gasteiger partial charge < -0.3 is 5.32 Å². The Hall–Kier alpha value is -0.530. The molecule has 2 heteroatoms. The quantitative estimate of drug-likeness (QED) is 0.782. The van der Waals surface area contributed by atoms with Crippen molar-refractivity contribution in [2.75, 3.05) is 0 Å². The fourth-order valence-corrected chi connectivity index (χ4v) is 1.60. The Balaban J connectivity index is 1.83. The lowest BCUT2D eigenvalue weighted by atomic mass is 9.93. The zero-order valence-corrected chi connectivity index (χ0v) is 8.35. The molecular weight excluding hydrogens is 182 g/mol. The van der Waals surface area contributed by atoms with Crippen LogP contribution in [-0.2, 0) is 6.54 Å². The summed E-state index contributed by atoms with van der Waals surface area (Å²) >= 11 is 5.79. The molecular formula is C11H14ClN. The first-order valence-electron chi connectivity index (χ1n) is 4.82. The average Bonchev–Trinajstić information content (AvgIpc) is 2.05. The van der Waals surface area contributed by atoms with Gasteiger partial charge in [-0.05, 0) is 30.5 Å².